The van der Waals surface area contributed by atoms with Crippen LogP contribution in [0.1, 0.15) is 27.0 Å². The lowest BCUT2D eigenvalue weighted by Crippen LogP contribution is -2.30. The molecular weight excluding hydrogens is 340 g/mol. The molecule has 0 unspecified atom stereocenters. The summed E-state index contributed by atoms with van der Waals surface area (Å²) in [5.41, 5.74) is 3.85. The van der Waals surface area contributed by atoms with Gasteiger partial charge in [-0.25, -0.2) is 0 Å². The standard InChI is InChI=1S/C22H20N2O3/c1-16-5-2-3-7-19(16)14-24(13-17-6-4-10-23-12-17)22(25)18-8-9-20-21(11-18)27-15-26-20/h2-12H,13-15H2,1H3. The van der Waals surface area contributed by atoms with Crippen LogP contribution in [0.3, 0.4) is 0 Å². The summed E-state index contributed by atoms with van der Waals surface area (Å²) >= 11 is 0. The van der Waals surface area contributed by atoms with Crippen molar-refractivity contribution in [3.63, 3.8) is 0 Å². The lowest BCUT2D eigenvalue weighted by Gasteiger charge is -2.24. The molecule has 0 aliphatic carbocycles. The molecule has 1 aromatic heterocycles. The number of hydrogen-bond donors (Lipinski definition) is 0. The number of aromatic nitrogens is 1. The second kappa shape index (κ2) is 7.50. The second-order valence-electron chi connectivity index (χ2n) is 6.52. The molecule has 0 spiro atoms. The van der Waals surface area contributed by atoms with E-state index in [9.17, 15) is 4.79 Å². The predicted octanol–water partition coefficient (Wildman–Crippen LogP) is 3.96. The molecule has 4 rings (SSSR count). The fourth-order valence-electron chi connectivity index (χ4n) is 3.12. The van der Waals surface area contributed by atoms with Gasteiger partial charge in [-0.15, -0.1) is 0 Å². The summed E-state index contributed by atoms with van der Waals surface area (Å²) in [7, 11) is 0. The predicted molar refractivity (Wildman–Crippen MR) is 102 cm³/mol. The molecule has 0 fully saturated rings. The topological polar surface area (TPSA) is 51.7 Å². The molecular formula is C22H20N2O3. The van der Waals surface area contributed by atoms with Crippen molar-refractivity contribution in [2.24, 2.45) is 0 Å². The van der Waals surface area contributed by atoms with Crippen molar-refractivity contribution in [1.82, 2.24) is 9.88 Å². The number of nitrogens with zero attached hydrogens (tertiary/aromatic N) is 2. The van der Waals surface area contributed by atoms with Crippen LogP contribution in [0.15, 0.2) is 67.0 Å². The third kappa shape index (κ3) is 3.77. The van der Waals surface area contributed by atoms with E-state index in [1.165, 1.54) is 0 Å². The molecule has 0 bridgehead atoms. The quantitative estimate of drug-likeness (QED) is 0.691. The zero-order chi connectivity index (χ0) is 18.6. The number of aryl methyl sites for hydroxylation is 1. The minimum atomic E-state index is -0.0552. The summed E-state index contributed by atoms with van der Waals surface area (Å²) in [5, 5.41) is 0. The fourth-order valence-corrected chi connectivity index (χ4v) is 3.12. The van der Waals surface area contributed by atoms with Gasteiger partial charge in [0.2, 0.25) is 6.79 Å². The largest absolute Gasteiger partial charge is 0.454 e. The first-order valence-electron chi connectivity index (χ1n) is 8.83. The lowest BCUT2D eigenvalue weighted by molar-refractivity contribution is 0.0729. The van der Waals surface area contributed by atoms with Gasteiger partial charge in [-0.1, -0.05) is 30.3 Å². The first kappa shape index (κ1) is 17.1. The molecule has 1 aliphatic rings. The molecule has 0 atom stereocenters. The molecule has 0 N–H and O–H groups in total. The summed E-state index contributed by atoms with van der Waals surface area (Å²) < 4.78 is 10.8. The average Bonchev–Trinajstić information content (AvgIpc) is 3.17. The van der Waals surface area contributed by atoms with Gasteiger partial charge < -0.3 is 14.4 Å². The van der Waals surface area contributed by atoms with Crippen molar-refractivity contribution >= 4 is 5.91 Å². The minimum absolute atomic E-state index is 0.0552. The van der Waals surface area contributed by atoms with Crippen LogP contribution in [0.2, 0.25) is 0 Å². The maximum atomic E-state index is 13.3. The van der Waals surface area contributed by atoms with Crippen LogP contribution in [0.4, 0.5) is 0 Å². The summed E-state index contributed by atoms with van der Waals surface area (Å²) in [6.45, 7) is 3.25. The van der Waals surface area contributed by atoms with Gasteiger partial charge >= 0.3 is 0 Å². The Balaban J connectivity index is 1.64. The molecule has 0 saturated carbocycles. The van der Waals surface area contributed by atoms with E-state index in [1.807, 2.05) is 29.2 Å². The lowest BCUT2D eigenvalue weighted by atomic mass is 10.1. The van der Waals surface area contributed by atoms with E-state index in [4.69, 9.17) is 9.47 Å². The highest BCUT2D eigenvalue weighted by Gasteiger charge is 2.21. The smallest absolute Gasteiger partial charge is 0.254 e. The van der Waals surface area contributed by atoms with Crippen molar-refractivity contribution in [2.75, 3.05) is 6.79 Å². The van der Waals surface area contributed by atoms with Gasteiger partial charge in [-0.2, -0.15) is 0 Å². The highest BCUT2D eigenvalue weighted by Crippen LogP contribution is 2.33. The van der Waals surface area contributed by atoms with Gasteiger partial charge in [0, 0.05) is 31.0 Å². The number of amides is 1. The number of fused-ring (bicyclic) bond motifs is 1. The molecule has 3 aromatic rings. The van der Waals surface area contributed by atoms with Crippen LogP contribution in [-0.2, 0) is 13.1 Å². The van der Waals surface area contributed by atoms with Crippen LogP contribution in [0.25, 0.3) is 0 Å². The van der Waals surface area contributed by atoms with Crippen molar-refractivity contribution in [1.29, 1.82) is 0 Å². The normalized spacial score (nSPS) is 12.0. The molecule has 0 saturated heterocycles. The van der Waals surface area contributed by atoms with E-state index in [-0.39, 0.29) is 12.7 Å². The van der Waals surface area contributed by atoms with Gasteiger partial charge in [-0.05, 0) is 47.9 Å². The zero-order valence-corrected chi connectivity index (χ0v) is 15.1. The highest BCUT2D eigenvalue weighted by molar-refractivity contribution is 5.95. The molecule has 2 heterocycles. The SMILES string of the molecule is Cc1ccccc1CN(Cc1cccnc1)C(=O)c1ccc2c(c1)OCO2. The molecule has 1 amide bonds. The Morgan fingerprint density at radius 2 is 1.89 bits per heavy atom. The van der Waals surface area contributed by atoms with Gasteiger partial charge in [-0.3, -0.25) is 9.78 Å². The number of hydrogen-bond acceptors (Lipinski definition) is 4. The number of carbonyl (C=O) groups excluding carboxylic acids is 1. The Labute approximate surface area is 158 Å². The van der Waals surface area contributed by atoms with Crippen molar-refractivity contribution < 1.29 is 14.3 Å². The second-order valence-corrected chi connectivity index (χ2v) is 6.52. The van der Waals surface area contributed by atoms with Gasteiger partial charge in [0.25, 0.3) is 5.91 Å². The third-order valence-electron chi connectivity index (χ3n) is 4.63. The first-order valence-corrected chi connectivity index (χ1v) is 8.83. The van der Waals surface area contributed by atoms with Crippen LogP contribution in [0, 0.1) is 6.92 Å². The van der Waals surface area contributed by atoms with Gasteiger partial charge in [0.15, 0.2) is 11.5 Å². The van der Waals surface area contributed by atoms with Crippen LogP contribution >= 0.6 is 0 Å². The molecule has 5 heteroatoms. The summed E-state index contributed by atoms with van der Waals surface area (Å²) in [6, 6.07) is 17.3. The molecule has 1 aliphatic heterocycles. The maximum Gasteiger partial charge on any atom is 0.254 e. The van der Waals surface area contributed by atoms with E-state index >= 15 is 0 Å². The fraction of sp³-hybridized carbons (Fsp3) is 0.182. The summed E-state index contributed by atoms with van der Waals surface area (Å²) in [4.78, 5) is 19.3. The summed E-state index contributed by atoms with van der Waals surface area (Å²) in [5.74, 6) is 1.22. The molecule has 5 nitrogen and oxygen atoms in total. The number of pyridine rings is 1. The monoisotopic (exact) mass is 360 g/mol. The Hall–Kier alpha value is -3.34. The van der Waals surface area contributed by atoms with Gasteiger partial charge in [0.1, 0.15) is 0 Å². The zero-order valence-electron chi connectivity index (χ0n) is 15.1. The van der Waals surface area contributed by atoms with Crippen molar-refractivity contribution in [3.05, 3.63) is 89.2 Å². The number of ether oxygens (including phenoxy) is 2. The number of carbonyl (C=O) groups is 1. The average molecular weight is 360 g/mol. The summed E-state index contributed by atoms with van der Waals surface area (Å²) in [6.07, 6.45) is 3.52. The third-order valence-corrected chi connectivity index (χ3v) is 4.63. The minimum Gasteiger partial charge on any atom is -0.454 e. The van der Waals surface area contributed by atoms with Crippen molar-refractivity contribution in [3.8, 4) is 11.5 Å². The maximum absolute atomic E-state index is 13.3. The van der Waals surface area contributed by atoms with Crippen molar-refractivity contribution in [2.45, 2.75) is 20.0 Å². The molecule has 2 aromatic carbocycles. The van der Waals surface area contributed by atoms with Crippen LogP contribution < -0.4 is 9.47 Å². The van der Waals surface area contributed by atoms with E-state index in [2.05, 4.69) is 24.0 Å². The molecule has 136 valence electrons. The molecule has 27 heavy (non-hydrogen) atoms. The van der Waals surface area contributed by atoms with E-state index in [0.29, 0.717) is 30.2 Å². The Bertz CT molecular complexity index is 957. The van der Waals surface area contributed by atoms with E-state index in [0.717, 1.165) is 16.7 Å². The van der Waals surface area contributed by atoms with E-state index in [1.54, 1.807) is 30.6 Å². The first-order chi connectivity index (χ1) is 13.2. The van der Waals surface area contributed by atoms with Crippen LogP contribution in [0.5, 0.6) is 11.5 Å². The Morgan fingerprint density at radius 3 is 2.70 bits per heavy atom. The Kier molecular flexibility index (Phi) is 4.75. The number of benzene rings is 2. The van der Waals surface area contributed by atoms with E-state index < -0.39 is 0 Å². The highest BCUT2D eigenvalue weighted by atomic mass is 16.7. The van der Waals surface area contributed by atoms with Crippen LogP contribution in [-0.4, -0.2) is 22.6 Å². The van der Waals surface area contributed by atoms with Gasteiger partial charge in [0.05, 0.1) is 0 Å². The number of rotatable bonds is 5. The Morgan fingerprint density at radius 1 is 1.04 bits per heavy atom. The molecule has 0 radical (unpaired) electrons.